The van der Waals surface area contributed by atoms with E-state index in [1.807, 2.05) is 18.2 Å². The molecule has 0 aliphatic carbocycles. The molecule has 2 heterocycles. The fourth-order valence-corrected chi connectivity index (χ4v) is 5.18. The van der Waals surface area contributed by atoms with Crippen molar-refractivity contribution < 1.29 is 9.90 Å². The summed E-state index contributed by atoms with van der Waals surface area (Å²) in [5, 5.41) is 12.0. The van der Waals surface area contributed by atoms with Crippen molar-refractivity contribution in [3.8, 4) is 11.1 Å². The highest BCUT2D eigenvalue weighted by Gasteiger charge is 2.35. The minimum absolute atomic E-state index is 0.00933. The van der Waals surface area contributed by atoms with Gasteiger partial charge in [-0.2, -0.15) is 0 Å². The van der Waals surface area contributed by atoms with Crippen LogP contribution in [0.15, 0.2) is 66.0 Å². The van der Waals surface area contributed by atoms with E-state index < -0.39 is 12.0 Å². The number of thiophene rings is 1. The second-order valence-corrected chi connectivity index (χ2v) is 8.45. The van der Waals surface area contributed by atoms with Gasteiger partial charge >= 0.3 is 5.97 Å². The van der Waals surface area contributed by atoms with Gasteiger partial charge in [0.2, 0.25) is 0 Å². The van der Waals surface area contributed by atoms with Crippen molar-refractivity contribution in [2.45, 2.75) is 38.3 Å². The van der Waals surface area contributed by atoms with Crippen molar-refractivity contribution in [2.24, 2.45) is 0 Å². The molecule has 1 saturated heterocycles. The number of piperidine rings is 1. The van der Waals surface area contributed by atoms with Crippen molar-refractivity contribution in [3.05, 3.63) is 82.0 Å². The molecule has 2 unspecified atom stereocenters. The number of benzene rings is 2. The Morgan fingerprint density at radius 3 is 2.43 bits per heavy atom. The van der Waals surface area contributed by atoms with Gasteiger partial charge in [0.05, 0.1) is 6.04 Å². The van der Waals surface area contributed by atoms with E-state index in [0.717, 1.165) is 31.4 Å². The van der Waals surface area contributed by atoms with Crippen LogP contribution in [0.4, 0.5) is 0 Å². The summed E-state index contributed by atoms with van der Waals surface area (Å²) in [7, 11) is 0. The molecule has 2 aromatic carbocycles. The van der Waals surface area contributed by atoms with Gasteiger partial charge in [-0.3, -0.25) is 9.69 Å². The van der Waals surface area contributed by atoms with Crippen LogP contribution in [0.3, 0.4) is 0 Å². The monoisotopic (exact) mass is 391 g/mol. The van der Waals surface area contributed by atoms with Gasteiger partial charge in [-0.25, -0.2) is 0 Å². The molecule has 28 heavy (non-hydrogen) atoms. The second kappa shape index (κ2) is 8.29. The Morgan fingerprint density at radius 2 is 1.79 bits per heavy atom. The van der Waals surface area contributed by atoms with E-state index in [-0.39, 0.29) is 6.04 Å². The van der Waals surface area contributed by atoms with Crippen LogP contribution in [0.25, 0.3) is 11.1 Å². The Labute approximate surface area is 170 Å². The first-order chi connectivity index (χ1) is 13.6. The highest BCUT2D eigenvalue weighted by molar-refractivity contribution is 7.10. The fourth-order valence-electron chi connectivity index (χ4n) is 4.13. The molecule has 1 aliphatic rings. The minimum Gasteiger partial charge on any atom is -0.480 e. The van der Waals surface area contributed by atoms with Gasteiger partial charge in [-0.15, -0.1) is 11.3 Å². The predicted octanol–water partition coefficient (Wildman–Crippen LogP) is 5.75. The topological polar surface area (TPSA) is 40.5 Å². The molecule has 0 bridgehead atoms. The fraction of sp³-hybridized carbons (Fsp3) is 0.292. The molecular formula is C24H25NO2S. The van der Waals surface area contributed by atoms with Crippen LogP contribution in [-0.2, 0) is 4.79 Å². The molecule has 0 spiro atoms. The average Bonchev–Trinajstić information content (AvgIpc) is 3.15. The van der Waals surface area contributed by atoms with E-state index in [1.165, 1.54) is 21.6 Å². The van der Waals surface area contributed by atoms with E-state index in [9.17, 15) is 9.90 Å². The van der Waals surface area contributed by atoms with E-state index in [2.05, 4.69) is 59.7 Å². The molecule has 0 amide bonds. The van der Waals surface area contributed by atoms with Gasteiger partial charge in [0, 0.05) is 4.88 Å². The molecule has 1 fully saturated rings. The lowest BCUT2D eigenvalue weighted by Crippen LogP contribution is -2.46. The summed E-state index contributed by atoms with van der Waals surface area (Å²) in [6.45, 7) is 2.92. The summed E-state index contributed by atoms with van der Waals surface area (Å²) in [4.78, 5) is 15.3. The number of carboxylic acids is 1. The molecular weight excluding hydrogens is 366 g/mol. The molecule has 4 rings (SSSR count). The largest absolute Gasteiger partial charge is 0.480 e. The maximum Gasteiger partial charge on any atom is 0.320 e. The zero-order valence-electron chi connectivity index (χ0n) is 16.0. The van der Waals surface area contributed by atoms with Gasteiger partial charge in [0.1, 0.15) is 6.04 Å². The Bertz CT molecular complexity index is 933. The minimum atomic E-state index is -0.709. The van der Waals surface area contributed by atoms with Crippen molar-refractivity contribution in [1.82, 2.24) is 4.90 Å². The van der Waals surface area contributed by atoms with Crippen LogP contribution in [0.2, 0.25) is 0 Å². The normalized spacial score (nSPS) is 18.7. The van der Waals surface area contributed by atoms with E-state index in [4.69, 9.17) is 0 Å². The van der Waals surface area contributed by atoms with Crippen molar-refractivity contribution in [3.63, 3.8) is 0 Å². The molecule has 1 aliphatic heterocycles. The second-order valence-electron chi connectivity index (χ2n) is 7.50. The van der Waals surface area contributed by atoms with Crippen LogP contribution < -0.4 is 0 Å². The quantitative estimate of drug-likeness (QED) is 0.602. The molecule has 0 radical (unpaired) electrons. The summed E-state index contributed by atoms with van der Waals surface area (Å²) >= 11 is 1.73. The molecule has 1 aromatic heterocycles. The summed E-state index contributed by atoms with van der Waals surface area (Å²) in [6.07, 6.45) is 2.75. The number of carbonyl (C=O) groups is 1. The number of hydrogen-bond donors (Lipinski definition) is 1. The third kappa shape index (κ3) is 3.89. The van der Waals surface area contributed by atoms with Crippen LogP contribution in [0.1, 0.15) is 41.3 Å². The third-order valence-electron chi connectivity index (χ3n) is 5.51. The summed E-state index contributed by atoms with van der Waals surface area (Å²) in [6, 6.07) is 20.7. The molecule has 2 atom stereocenters. The number of likely N-dealkylation sites (tertiary alicyclic amines) is 1. The first-order valence-electron chi connectivity index (χ1n) is 9.82. The van der Waals surface area contributed by atoms with Gasteiger partial charge in [0.15, 0.2) is 0 Å². The first-order valence-corrected chi connectivity index (χ1v) is 10.7. The number of carboxylic acid groups (broad SMARTS) is 1. The zero-order valence-corrected chi connectivity index (χ0v) is 16.9. The third-order valence-corrected chi connectivity index (χ3v) is 6.62. The Kier molecular flexibility index (Phi) is 5.60. The lowest BCUT2D eigenvalue weighted by atomic mass is 9.94. The number of aryl methyl sites for hydroxylation is 1. The Morgan fingerprint density at radius 1 is 1.07 bits per heavy atom. The van der Waals surface area contributed by atoms with Crippen LogP contribution >= 0.6 is 11.3 Å². The molecule has 1 N–H and O–H groups in total. The van der Waals surface area contributed by atoms with Gasteiger partial charge in [0.25, 0.3) is 0 Å². The molecule has 4 heteroatoms. The van der Waals surface area contributed by atoms with E-state index in [0.29, 0.717) is 0 Å². The number of aliphatic carboxylic acids is 1. The summed E-state index contributed by atoms with van der Waals surface area (Å²) in [5.41, 5.74) is 4.77. The number of hydrogen-bond acceptors (Lipinski definition) is 3. The smallest absolute Gasteiger partial charge is 0.320 e. The average molecular weight is 392 g/mol. The summed E-state index contributed by atoms with van der Waals surface area (Å²) < 4.78 is 0. The lowest BCUT2D eigenvalue weighted by molar-refractivity contribution is -0.145. The predicted molar refractivity (Wildman–Crippen MR) is 115 cm³/mol. The van der Waals surface area contributed by atoms with E-state index >= 15 is 0 Å². The Hall–Kier alpha value is -2.43. The zero-order chi connectivity index (χ0) is 19.5. The van der Waals surface area contributed by atoms with Crippen LogP contribution in [-0.4, -0.2) is 28.6 Å². The van der Waals surface area contributed by atoms with Crippen LogP contribution in [0.5, 0.6) is 0 Å². The molecule has 0 saturated carbocycles. The van der Waals surface area contributed by atoms with E-state index in [1.54, 1.807) is 11.3 Å². The maximum atomic E-state index is 11.9. The maximum absolute atomic E-state index is 11.9. The van der Waals surface area contributed by atoms with Gasteiger partial charge < -0.3 is 5.11 Å². The standard InChI is InChI=1S/C24H25NO2S/c1-17-15-22(28-16-17)23(25-14-6-5-9-21(25)24(26)27)20-12-10-19(11-13-20)18-7-3-2-4-8-18/h2-4,7-8,10-13,15-16,21,23H,5-6,9,14H2,1H3,(H,26,27). The van der Waals surface area contributed by atoms with Crippen molar-refractivity contribution in [1.29, 1.82) is 0 Å². The SMILES string of the molecule is Cc1csc(C(c2ccc(-c3ccccc3)cc2)N2CCCCC2C(=O)O)c1. The van der Waals surface area contributed by atoms with Gasteiger partial charge in [-0.1, -0.05) is 61.0 Å². The first kappa shape index (κ1) is 18.9. The Balaban J connectivity index is 1.72. The highest BCUT2D eigenvalue weighted by Crippen LogP contribution is 2.37. The van der Waals surface area contributed by atoms with Crippen molar-refractivity contribution in [2.75, 3.05) is 6.54 Å². The molecule has 3 nitrogen and oxygen atoms in total. The number of nitrogens with zero attached hydrogens (tertiary/aromatic N) is 1. The van der Waals surface area contributed by atoms with Gasteiger partial charge in [-0.05, 0) is 60.0 Å². The number of rotatable bonds is 5. The van der Waals surface area contributed by atoms with Crippen LogP contribution in [0, 0.1) is 6.92 Å². The van der Waals surface area contributed by atoms with Crippen molar-refractivity contribution >= 4 is 17.3 Å². The molecule has 144 valence electrons. The highest BCUT2D eigenvalue weighted by atomic mass is 32.1. The molecule has 3 aromatic rings. The summed E-state index contributed by atoms with van der Waals surface area (Å²) in [5.74, 6) is -0.709. The lowest BCUT2D eigenvalue weighted by Gasteiger charge is -2.39.